The van der Waals surface area contributed by atoms with Gasteiger partial charge in [-0.15, -0.1) is 0 Å². The van der Waals surface area contributed by atoms with Gasteiger partial charge in [0.15, 0.2) is 0 Å². The summed E-state index contributed by atoms with van der Waals surface area (Å²) in [4.78, 5) is 24.1. The van der Waals surface area contributed by atoms with E-state index in [1.165, 1.54) is 10.5 Å². The zero-order valence-electron chi connectivity index (χ0n) is 17.5. The summed E-state index contributed by atoms with van der Waals surface area (Å²) in [5, 5.41) is 2.28. The van der Waals surface area contributed by atoms with Gasteiger partial charge in [0, 0.05) is 12.3 Å². The molecule has 1 aliphatic carbocycles. The average Bonchev–Trinajstić information content (AvgIpc) is 3.38. The second kappa shape index (κ2) is 9.22. The Morgan fingerprint density at radius 1 is 1.28 bits per heavy atom. The highest BCUT2D eigenvalue weighted by Gasteiger charge is 2.44. The fraction of sp³-hybridized carbons (Fsp3) is 0.545. The first-order chi connectivity index (χ1) is 13.8. The largest absolute Gasteiger partial charge is 0.493 e. The van der Waals surface area contributed by atoms with Gasteiger partial charge in [0.25, 0.3) is 0 Å². The Labute approximate surface area is 177 Å². The van der Waals surface area contributed by atoms with Crippen LogP contribution >= 0.6 is 11.9 Å². The van der Waals surface area contributed by atoms with Crippen LogP contribution < -0.4 is 14.8 Å². The maximum atomic E-state index is 11.5. The second-order valence-corrected chi connectivity index (χ2v) is 9.80. The minimum atomic E-state index is -0.305. The Morgan fingerprint density at radius 2 is 2.07 bits per heavy atom. The van der Waals surface area contributed by atoms with Gasteiger partial charge in [0.05, 0.1) is 12.1 Å². The summed E-state index contributed by atoms with van der Waals surface area (Å²) in [6.45, 7) is 7.84. The van der Waals surface area contributed by atoms with E-state index in [1.807, 2.05) is 12.1 Å². The number of allylic oxidation sites excluding steroid dienone is 1. The van der Waals surface area contributed by atoms with E-state index >= 15 is 0 Å². The van der Waals surface area contributed by atoms with Crippen LogP contribution in [-0.2, 0) is 10.3 Å². The predicted octanol–water partition coefficient (Wildman–Crippen LogP) is 3.84. The molecule has 0 bridgehead atoms. The highest BCUT2D eigenvalue weighted by atomic mass is 32.2. The van der Waals surface area contributed by atoms with Crippen molar-refractivity contribution in [2.24, 2.45) is 5.41 Å². The molecular formula is C22H31N3O3S. The van der Waals surface area contributed by atoms with Crippen LogP contribution in [0.5, 0.6) is 5.75 Å². The normalized spacial score (nSPS) is 18.4. The number of amides is 3. The minimum absolute atomic E-state index is 0.0590. The first-order valence-electron chi connectivity index (χ1n) is 10.1. The number of urea groups is 1. The van der Waals surface area contributed by atoms with Crippen molar-refractivity contribution in [1.82, 2.24) is 14.9 Å². The third-order valence-electron chi connectivity index (χ3n) is 4.82. The van der Waals surface area contributed by atoms with Gasteiger partial charge in [-0.2, -0.15) is 0 Å². The lowest BCUT2D eigenvalue weighted by molar-refractivity contribution is -0.118. The van der Waals surface area contributed by atoms with Crippen molar-refractivity contribution < 1.29 is 14.3 Å². The summed E-state index contributed by atoms with van der Waals surface area (Å²) in [6.07, 6.45) is 7.19. The standard InChI is InChI=1S/C22H31N3O3S/c1-21(2,3)16-28-18-9-7-8-17(14-18)22(10-11-22)24-29-13-6-4-5-12-25-15-19(26)23-20(25)27/h4-5,7-9,14,24H,6,10-13,15-16H2,1-3H3,(H,23,26,27)/b5-4+. The predicted molar refractivity (Wildman–Crippen MR) is 117 cm³/mol. The van der Waals surface area contributed by atoms with E-state index in [0.717, 1.165) is 30.8 Å². The molecule has 2 N–H and O–H groups in total. The lowest BCUT2D eigenvalue weighted by Gasteiger charge is -2.21. The van der Waals surface area contributed by atoms with Crippen molar-refractivity contribution in [2.75, 3.05) is 25.4 Å². The van der Waals surface area contributed by atoms with Crippen molar-refractivity contribution in [3.05, 3.63) is 42.0 Å². The van der Waals surface area contributed by atoms with Gasteiger partial charge in [0.2, 0.25) is 5.91 Å². The quantitative estimate of drug-likeness (QED) is 0.262. The molecule has 1 aliphatic heterocycles. The SMILES string of the molecule is CC(C)(C)COc1cccc(C2(NSCC/C=C/CN3CC(=O)NC3=O)CC2)c1. The molecule has 2 aliphatic rings. The van der Waals surface area contributed by atoms with E-state index in [9.17, 15) is 9.59 Å². The summed E-state index contributed by atoms with van der Waals surface area (Å²) >= 11 is 1.74. The average molecular weight is 418 g/mol. The zero-order valence-corrected chi connectivity index (χ0v) is 18.3. The second-order valence-electron chi connectivity index (χ2n) is 8.90. The molecule has 0 aromatic heterocycles. The highest BCUT2D eigenvalue weighted by Crippen LogP contribution is 2.47. The molecular weight excluding hydrogens is 386 g/mol. The number of rotatable bonds is 10. The van der Waals surface area contributed by atoms with Crippen molar-refractivity contribution >= 4 is 23.9 Å². The van der Waals surface area contributed by atoms with Crippen molar-refractivity contribution in [3.8, 4) is 5.75 Å². The molecule has 158 valence electrons. The third-order valence-corrected chi connectivity index (χ3v) is 5.80. The molecule has 0 spiro atoms. The Bertz CT molecular complexity index is 769. The summed E-state index contributed by atoms with van der Waals surface area (Å²) in [5.41, 5.74) is 1.49. The molecule has 0 atom stereocenters. The van der Waals surface area contributed by atoms with E-state index < -0.39 is 0 Å². The Balaban J connectivity index is 1.39. The molecule has 1 aromatic rings. The van der Waals surface area contributed by atoms with Gasteiger partial charge in [-0.05, 0) is 42.4 Å². The monoisotopic (exact) mass is 417 g/mol. The summed E-state index contributed by atoms with van der Waals surface area (Å²) in [7, 11) is 0. The van der Waals surface area contributed by atoms with E-state index in [0.29, 0.717) is 13.2 Å². The van der Waals surface area contributed by atoms with Crippen LogP contribution in [0.2, 0.25) is 0 Å². The number of hydrogen-bond donors (Lipinski definition) is 2. The molecule has 6 nitrogen and oxygen atoms in total. The molecule has 1 aromatic carbocycles. The van der Waals surface area contributed by atoms with Crippen molar-refractivity contribution in [1.29, 1.82) is 0 Å². The molecule has 3 rings (SSSR count). The third kappa shape index (κ3) is 6.51. The molecule has 1 saturated heterocycles. The lowest BCUT2D eigenvalue weighted by atomic mass is 9.98. The van der Waals surface area contributed by atoms with E-state index in [1.54, 1.807) is 11.9 Å². The van der Waals surface area contributed by atoms with Crippen LogP contribution in [0.1, 0.15) is 45.6 Å². The first-order valence-corrected chi connectivity index (χ1v) is 11.1. The van der Waals surface area contributed by atoms with Gasteiger partial charge in [-0.25, -0.2) is 4.79 Å². The number of benzene rings is 1. The first kappa shape index (κ1) is 21.7. The number of nitrogens with zero attached hydrogens (tertiary/aromatic N) is 1. The highest BCUT2D eigenvalue weighted by molar-refractivity contribution is 7.97. The molecule has 3 amide bonds. The maximum Gasteiger partial charge on any atom is 0.324 e. The van der Waals surface area contributed by atoms with Crippen molar-refractivity contribution in [3.63, 3.8) is 0 Å². The van der Waals surface area contributed by atoms with E-state index in [2.05, 4.69) is 55.1 Å². The van der Waals surface area contributed by atoms with Crippen LogP contribution in [-0.4, -0.2) is 42.3 Å². The van der Waals surface area contributed by atoms with Gasteiger partial charge in [-0.3, -0.25) is 14.8 Å². The number of imide groups is 1. The van der Waals surface area contributed by atoms with E-state index in [4.69, 9.17) is 4.74 Å². The molecule has 0 radical (unpaired) electrons. The van der Waals surface area contributed by atoms with Crippen LogP contribution in [0, 0.1) is 5.41 Å². The van der Waals surface area contributed by atoms with Crippen LogP contribution in [0.3, 0.4) is 0 Å². The Morgan fingerprint density at radius 3 is 2.72 bits per heavy atom. The summed E-state index contributed by atoms with van der Waals surface area (Å²) in [6, 6.07) is 8.13. The number of carbonyl (C=O) groups excluding carboxylic acids is 2. The van der Waals surface area contributed by atoms with Gasteiger partial charge in [0.1, 0.15) is 12.3 Å². The van der Waals surface area contributed by atoms with E-state index in [-0.39, 0.29) is 29.4 Å². The minimum Gasteiger partial charge on any atom is -0.493 e. The Kier molecular flexibility index (Phi) is 6.90. The molecule has 1 heterocycles. The summed E-state index contributed by atoms with van der Waals surface area (Å²) in [5.74, 6) is 1.65. The molecule has 29 heavy (non-hydrogen) atoms. The van der Waals surface area contributed by atoms with Crippen LogP contribution in [0.25, 0.3) is 0 Å². The fourth-order valence-electron chi connectivity index (χ4n) is 3.02. The molecule has 2 fully saturated rings. The van der Waals surface area contributed by atoms with Gasteiger partial charge >= 0.3 is 6.03 Å². The number of ether oxygens (including phenoxy) is 1. The number of nitrogens with one attached hydrogen (secondary N) is 2. The van der Waals surface area contributed by atoms with Crippen molar-refractivity contribution in [2.45, 2.75) is 45.6 Å². The smallest absolute Gasteiger partial charge is 0.324 e. The lowest BCUT2D eigenvalue weighted by Crippen LogP contribution is -2.28. The maximum absolute atomic E-state index is 11.5. The topological polar surface area (TPSA) is 70.7 Å². The number of hydrogen-bond acceptors (Lipinski definition) is 5. The van der Waals surface area contributed by atoms with Crippen LogP contribution in [0.4, 0.5) is 4.79 Å². The summed E-state index contributed by atoms with van der Waals surface area (Å²) < 4.78 is 9.60. The number of carbonyl (C=O) groups is 2. The Hall–Kier alpha value is -1.99. The van der Waals surface area contributed by atoms with Gasteiger partial charge < -0.3 is 9.64 Å². The molecule has 0 unspecified atom stereocenters. The molecule has 1 saturated carbocycles. The van der Waals surface area contributed by atoms with Crippen LogP contribution in [0.15, 0.2) is 36.4 Å². The zero-order chi connectivity index (χ0) is 20.9. The van der Waals surface area contributed by atoms with Gasteiger partial charge in [-0.1, -0.05) is 57.0 Å². The fourth-order valence-corrected chi connectivity index (χ4v) is 3.98. The molecule has 7 heteroatoms.